The van der Waals surface area contributed by atoms with E-state index in [-0.39, 0.29) is 12.4 Å². The maximum atomic E-state index is 13.8. The predicted octanol–water partition coefficient (Wildman–Crippen LogP) is 4.39. The number of hydrogen-bond acceptors (Lipinski definition) is 3. The van der Waals surface area contributed by atoms with Crippen LogP contribution in [0.15, 0.2) is 35.6 Å². The van der Waals surface area contributed by atoms with E-state index in [0.717, 1.165) is 17.4 Å². The van der Waals surface area contributed by atoms with Crippen molar-refractivity contribution in [1.82, 2.24) is 9.55 Å². The first-order valence-electron chi connectivity index (χ1n) is 8.29. The first-order valence-corrected chi connectivity index (χ1v) is 9.28. The zero-order valence-corrected chi connectivity index (χ0v) is 14.1. The minimum absolute atomic E-state index is 0.0000217. The Labute approximate surface area is 140 Å². The molecule has 0 saturated heterocycles. The van der Waals surface area contributed by atoms with Crippen LogP contribution in [0.2, 0.25) is 0 Å². The molecule has 2 aromatic rings. The van der Waals surface area contributed by atoms with Crippen molar-refractivity contribution >= 4 is 11.8 Å². The highest BCUT2D eigenvalue weighted by Gasteiger charge is 2.18. The van der Waals surface area contributed by atoms with Crippen molar-refractivity contribution in [2.24, 2.45) is 5.92 Å². The molecule has 0 radical (unpaired) electrons. The summed E-state index contributed by atoms with van der Waals surface area (Å²) in [5, 5.41) is 10.4. The van der Waals surface area contributed by atoms with E-state index in [0.29, 0.717) is 17.2 Å². The Morgan fingerprint density at radius 1 is 1.22 bits per heavy atom. The summed E-state index contributed by atoms with van der Waals surface area (Å²) in [7, 11) is 0. The molecule has 5 heteroatoms. The Kier molecular flexibility index (Phi) is 5.73. The van der Waals surface area contributed by atoms with Crippen LogP contribution in [0.25, 0.3) is 0 Å². The van der Waals surface area contributed by atoms with Gasteiger partial charge in [-0.2, -0.15) is 0 Å². The van der Waals surface area contributed by atoms with E-state index in [4.69, 9.17) is 0 Å². The van der Waals surface area contributed by atoms with Crippen LogP contribution in [0.5, 0.6) is 0 Å². The number of hydrogen-bond donors (Lipinski definition) is 1. The van der Waals surface area contributed by atoms with Gasteiger partial charge in [0.25, 0.3) is 0 Å². The molecule has 1 aromatic carbocycles. The molecule has 1 aromatic heterocycles. The van der Waals surface area contributed by atoms with E-state index in [2.05, 4.69) is 9.55 Å². The second-order valence-electron chi connectivity index (χ2n) is 6.18. The molecule has 3 nitrogen and oxygen atoms in total. The van der Waals surface area contributed by atoms with Gasteiger partial charge in [0.05, 0.1) is 18.5 Å². The van der Waals surface area contributed by atoms with Crippen LogP contribution < -0.4 is 0 Å². The summed E-state index contributed by atoms with van der Waals surface area (Å²) in [6.07, 6.45) is 8.17. The van der Waals surface area contributed by atoms with Crippen molar-refractivity contribution in [2.45, 2.75) is 56.2 Å². The van der Waals surface area contributed by atoms with Crippen LogP contribution in [0.4, 0.5) is 4.39 Å². The number of thioether (sulfide) groups is 1. The summed E-state index contributed by atoms with van der Waals surface area (Å²) in [4.78, 5) is 4.44. The summed E-state index contributed by atoms with van der Waals surface area (Å²) in [5.74, 6) is 1.04. The van der Waals surface area contributed by atoms with Gasteiger partial charge >= 0.3 is 0 Å². The third-order valence-electron chi connectivity index (χ3n) is 4.54. The topological polar surface area (TPSA) is 38.1 Å². The minimum Gasteiger partial charge on any atom is -0.390 e. The Bertz CT molecular complexity index is 638. The summed E-state index contributed by atoms with van der Waals surface area (Å²) >= 11 is 1.54. The highest BCUT2D eigenvalue weighted by atomic mass is 32.2. The van der Waals surface area contributed by atoms with Crippen molar-refractivity contribution in [3.8, 4) is 0 Å². The number of benzene rings is 1. The number of halogens is 1. The smallest absolute Gasteiger partial charge is 0.168 e. The largest absolute Gasteiger partial charge is 0.390 e. The third kappa shape index (κ3) is 4.15. The van der Waals surface area contributed by atoms with Crippen LogP contribution in [0, 0.1) is 11.7 Å². The van der Waals surface area contributed by atoms with Gasteiger partial charge in [-0.3, -0.25) is 0 Å². The van der Waals surface area contributed by atoms with Gasteiger partial charge in [0.1, 0.15) is 5.82 Å². The van der Waals surface area contributed by atoms with Gasteiger partial charge in [0, 0.05) is 12.3 Å². The van der Waals surface area contributed by atoms with Gasteiger partial charge in [-0.1, -0.05) is 49.2 Å². The van der Waals surface area contributed by atoms with E-state index in [9.17, 15) is 9.50 Å². The SMILES string of the molecule is OCc1cnc(SCc2ccccc2F)n1CC1CCCCC1. The van der Waals surface area contributed by atoms with Gasteiger partial charge < -0.3 is 9.67 Å². The molecule has 0 unspecified atom stereocenters. The van der Waals surface area contributed by atoms with Crippen molar-refractivity contribution < 1.29 is 9.50 Å². The van der Waals surface area contributed by atoms with Crippen LogP contribution in [-0.2, 0) is 18.9 Å². The quantitative estimate of drug-likeness (QED) is 0.796. The number of imidazole rings is 1. The maximum absolute atomic E-state index is 13.8. The highest BCUT2D eigenvalue weighted by molar-refractivity contribution is 7.98. The normalized spacial score (nSPS) is 15.9. The number of aromatic nitrogens is 2. The van der Waals surface area contributed by atoms with Gasteiger partial charge in [0.15, 0.2) is 5.16 Å². The predicted molar refractivity (Wildman–Crippen MR) is 90.7 cm³/mol. The molecule has 0 aliphatic heterocycles. The van der Waals surface area contributed by atoms with Gasteiger partial charge in [-0.15, -0.1) is 0 Å². The lowest BCUT2D eigenvalue weighted by atomic mass is 9.89. The summed E-state index contributed by atoms with van der Waals surface area (Å²) < 4.78 is 15.9. The fourth-order valence-electron chi connectivity index (χ4n) is 3.21. The van der Waals surface area contributed by atoms with E-state index >= 15 is 0 Å². The van der Waals surface area contributed by atoms with Crippen LogP contribution >= 0.6 is 11.8 Å². The summed E-state index contributed by atoms with van der Waals surface area (Å²) in [6, 6.07) is 6.86. The summed E-state index contributed by atoms with van der Waals surface area (Å²) in [5.41, 5.74) is 1.54. The Hall–Kier alpha value is -1.33. The van der Waals surface area contributed by atoms with Gasteiger partial charge in [0.2, 0.25) is 0 Å². The fraction of sp³-hybridized carbons (Fsp3) is 0.500. The molecule has 1 heterocycles. The zero-order chi connectivity index (χ0) is 16.1. The number of nitrogens with zero attached hydrogens (tertiary/aromatic N) is 2. The van der Waals surface area contributed by atoms with Crippen LogP contribution in [0.3, 0.4) is 0 Å². The molecule has 3 rings (SSSR count). The summed E-state index contributed by atoms with van der Waals surface area (Å²) in [6.45, 7) is 0.912. The first-order chi connectivity index (χ1) is 11.3. The van der Waals surface area contributed by atoms with E-state index in [1.807, 2.05) is 12.1 Å². The van der Waals surface area contributed by atoms with E-state index < -0.39 is 0 Å². The van der Waals surface area contributed by atoms with E-state index in [1.165, 1.54) is 49.9 Å². The highest BCUT2D eigenvalue weighted by Crippen LogP contribution is 2.29. The average Bonchev–Trinajstić information content (AvgIpc) is 2.97. The van der Waals surface area contributed by atoms with Crippen LogP contribution in [-0.4, -0.2) is 14.7 Å². The molecule has 1 aliphatic carbocycles. The Morgan fingerprint density at radius 3 is 2.74 bits per heavy atom. The van der Waals surface area contributed by atoms with Crippen molar-refractivity contribution in [3.63, 3.8) is 0 Å². The van der Waals surface area contributed by atoms with Crippen LogP contribution in [0.1, 0.15) is 43.4 Å². The number of rotatable bonds is 6. The molecule has 1 aliphatic rings. The molecular weight excluding hydrogens is 311 g/mol. The molecule has 1 fully saturated rings. The lowest BCUT2D eigenvalue weighted by molar-refractivity contribution is 0.255. The van der Waals surface area contributed by atoms with Crippen molar-refractivity contribution in [1.29, 1.82) is 0 Å². The fourth-order valence-corrected chi connectivity index (χ4v) is 4.21. The third-order valence-corrected chi connectivity index (χ3v) is 5.58. The second kappa shape index (κ2) is 7.97. The molecule has 0 bridgehead atoms. The molecule has 23 heavy (non-hydrogen) atoms. The lowest BCUT2D eigenvalue weighted by Crippen LogP contribution is -2.16. The van der Waals surface area contributed by atoms with Gasteiger partial charge in [-0.05, 0) is 30.4 Å². The Balaban J connectivity index is 1.71. The standard InChI is InChI=1S/C18H23FN2OS/c19-17-9-5-4-8-15(17)13-23-18-20-10-16(12-22)21(18)11-14-6-2-1-3-7-14/h4-5,8-10,14,22H,1-3,6-7,11-13H2. The zero-order valence-electron chi connectivity index (χ0n) is 13.2. The maximum Gasteiger partial charge on any atom is 0.168 e. The molecule has 124 valence electrons. The molecule has 0 amide bonds. The minimum atomic E-state index is -0.173. The lowest BCUT2D eigenvalue weighted by Gasteiger charge is -2.23. The van der Waals surface area contributed by atoms with Gasteiger partial charge in [-0.25, -0.2) is 9.37 Å². The Morgan fingerprint density at radius 2 is 2.00 bits per heavy atom. The van der Waals surface area contributed by atoms with E-state index in [1.54, 1.807) is 12.3 Å². The average molecular weight is 334 g/mol. The second-order valence-corrected chi connectivity index (χ2v) is 7.13. The van der Waals surface area contributed by atoms with Crippen molar-refractivity contribution in [2.75, 3.05) is 0 Å². The molecule has 0 spiro atoms. The number of aliphatic hydroxyl groups is 1. The molecule has 0 atom stereocenters. The monoisotopic (exact) mass is 334 g/mol. The number of aliphatic hydroxyl groups excluding tert-OH is 1. The molecular formula is C18H23FN2OS. The van der Waals surface area contributed by atoms with Crippen molar-refractivity contribution in [3.05, 3.63) is 47.5 Å². The first kappa shape index (κ1) is 16.5. The molecule has 1 N–H and O–H groups in total. The molecule has 1 saturated carbocycles.